The molecule has 1 amide bonds. The fourth-order valence-electron chi connectivity index (χ4n) is 4.00. The van der Waals surface area contributed by atoms with Gasteiger partial charge in [0.05, 0.1) is 13.2 Å². The van der Waals surface area contributed by atoms with Crippen LogP contribution in [-0.4, -0.2) is 64.9 Å². The molecule has 0 aliphatic rings. The van der Waals surface area contributed by atoms with Gasteiger partial charge in [0, 0.05) is 12.8 Å². The zero-order valence-electron chi connectivity index (χ0n) is 25.8. The van der Waals surface area contributed by atoms with Crippen LogP contribution in [-0.2, 0) is 32.7 Å². The Hall–Kier alpha value is -1.78. The Morgan fingerprint density at radius 1 is 0.738 bits per heavy atom. The number of allylic oxidation sites excluding steroid dienone is 2. The van der Waals surface area contributed by atoms with Crippen molar-refractivity contribution in [2.24, 2.45) is 0 Å². The summed E-state index contributed by atoms with van der Waals surface area (Å²) in [6.07, 6.45) is 20.0. The van der Waals surface area contributed by atoms with Gasteiger partial charge >= 0.3 is 19.8 Å². The average Bonchev–Trinajstić information content (AvgIpc) is 2.95. The number of phosphoric ester groups is 1. The Morgan fingerprint density at radius 3 is 1.88 bits per heavy atom. The number of esters is 1. The van der Waals surface area contributed by atoms with Gasteiger partial charge in [0.1, 0.15) is 12.7 Å². The molecule has 3 atom stereocenters. The molecule has 0 saturated carbocycles. The number of nitrogens with one attached hydrogen (secondary N) is 1. The zero-order chi connectivity index (χ0) is 31.5. The molecule has 42 heavy (non-hydrogen) atoms. The second-order valence-electron chi connectivity index (χ2n) is 10.6. The number of unbranched alkanes of at least 4 members (excludes halogenated alkanes) is 13. The molecule has 4 N–H and O–H groups in total. The van der Waals surface area contributed by atoms with E-state index in [1.165, 1.54) is 32.1 Å². The van der Waals surface area contributed by atoms with E-state index in [9.17, 15) is 34.1 Å². The number of aliphatic hydroxyl groups excluding tert-OH is 1. The Kier molecular flexibility index (Phi) is 25.7. The summed E-state index contributed by atoms with van der Waals surface area (Å²) in [6.45, 7) is 2.43. The number of aliphatic hydroxyl groups is 1. The standard InChI is InChI=1S/C30H56NO10P/c1-3-5-7-9-11-12-13-14-16-17-19-21-28(33)31-27(30(35)36)25-41-42(37,38)40-24-26(32)23-39-29(34)22-20-18-15-10-8-6-4-2/h9,11,26-27,32H,3-8,10,12-25H2,1-2H3,(H,31,33)(H,35,36)(H,37,38)/b11-9-. The third-order valence-corrected chi connectivity index (χ3v) is 7.51. The topological polar surface area (TPSA) is 169 Å². The van der Waals surface area contributed by atoms with Crippen LogP contribution in [0.3, 0.4) is 0 Å². The zero-order valence-corrected chi connectivity index (χ0v) is 26.7. The minimum absolute atomic E-state index is 0.137. The lowest BCUT2D eigenvalue weighted by molar-refractivity contribution is -0.147. The highest BCUT2D eigenvalue weighted by Crippen LogP contribution is 2.43. The van der Waals surface area contributed by atoms with Gasteiger partial charge in [-0.2, -0.15) is 0 Å². The summed E-state index contributed by atoms with van der Waals surface area (Å²) in [5, 5.41) is 21.5. The van der Waals surface area contributed by atoms with Crippen molar-refractivity contribution in [3.8, 4) is 0 Å². The molecule has 12 heteroatoms. The molecule has 0 spiro atoms. The number of rotatable bonds is 29. The van der Waals surface area contributed by atoms with Crippen LogP contribution in [0.25, 0.3) is 0 Å². The Morgan fingerprint density at radius 2 is 1.26 bits per heavy atom. The van der Waals surface area contributed by atoms with E-state index < -0.39 is 57.6 Å². The van der Waals surface area contributed by atoms with Crippen molar-refractivity contribution in [3.05, 3.63) is 12.2 Å². The van der Waals surface area contributed by atoms with Crippen LogP contribution >= 0.6 is 7.82 Å². The van der Waals surface area contributed by atoms with Gasteiger partial charge in [0.2, 0.25) is 5.91 Å². The molecule has 0 aromatic heterocycles. The average molecular weight is 622 g/mol. The third-order valence-electron chi connectivity index (χ3n) is 6.55. The van der Waals surface area contributed by atoms with E-state index in [1.807, 2.05) is 0 Å². The number of carbonyl (C=O) groups excluding carboxylic acids is 2. The van der Waals surface area contributed by atoms with Crippen molar-refractivity contribution in [3.63, 3.8) is 0 Å². The minimum atomic E-state index is -4.73. The van der Waals surface area contributed by atoms with Gasteiger partial charge in [0.25, 0.3) is 0 Å². The van der Waals surface area contributed by atoms with Crippen molar-refractivity contribution < 1.29 is 47.8 Å². The van der Waals surface area contributed by atoms with Crippen LogP contribution in [0.5, 0.6) is 0 Å². The largest absolute Gasteiger partial charge is 0.480 e. The lowest BCUT2D eigenvalue weighted by atomic mass is 10.1. The SMILES string of the molecule is CCCC/C=C\CCCCCCCC(=O)NC(COP(=O)(O)OCC(O)COC(=O)CCCCCCCCC)C(=O)O. The number of ether oxygens (including phenoxy) is 1. The third kappa shape index (κ3) is 25.9. The summed E-state index contributed by atoms with van der Waals surface area (Å²) in [6, 6.07) is -1.54. The van der Waals surface area contributed by atoms with Crippen LogP contribution in [0.1, 0.15) is 129 Å². The Balaban J connectivity index is 4.09. The molecule has 0 aliphatic carbocycles. The van der Waals surface area contributed by atoms with Gasteiger partial charge in [-0.1, -0.05) is 96.6 Å². The number of phosphoric acid groups is 1. The Labute approximate surface area is 252 Å². The van der Waals surface area contributed by atoms with E-state index in [0.29, 0.717) is 12.8 Å². The highest BCUT2D eigenvalue weighted by molar-refractivity contribution is 7.47. The summed E-state index contributed by atoms with van der Waals surface area (Å²) in [4.78, 5) is 45.2. The normalized spacial score (nSPS) is 14.4. The summed E-state index contributed by atoms with van der Waals surface area (Å²) in [7, 11) is -4.73. The fraction of sp³-hybridized carbons (Fsp3) is 0.833. The molecule has 0 aliphatic heterocycles. The number of aliphatic carboxylic acids is 1. The lowest BCUT2D eigenvalue weighted by Gasteiger charge is -2.18. The second-order valence-corrected chi connectivity index (χ2v) is 12.1. The number of amides is 1. The van der Waals surface area contributed by atoms with Crippen LogP contribution < -0.4 is 5.32 Å². The molecule has 0 rings (SSSR count). The summed E-state index contributed by atoms with van der Waals surface area (Å²) >= 11 is 0. The second kappa shape index (κ2) is 26.8. The first-order valence-electron chi connectivity index (χ1n) is 15.7. The Bertz CT molecular complexity index is 792. The summed E-state index contributed by atoms with van der Waals surface area (Å²) in [5.74, 6) is -2.40. The molecule has 0 radical (unpaired) electrons. The molecule has 3 unspecified atom stereocenters. The van der Waals surface area contributed by atoms with E-state index in [0.717, 1.165) is 57.8 Å². The van der Waals surface area contributed by atoms with Gasteiger partial charge in [-0.25, -0.2) is 9.36 Å². The maximum Gasteiger partial charge on any atom is 0.472 e. The van der Waals surface area contributed by atoms with Crippen molar-refractivity contribution in [1.29, 1.82) is 0 Å². The number of hydrogen-bond acceptors (Lipinski definition) is 8. The van der Waals surface area contributed by atoms with Gasteiger partial charge in [0.15, 0.2) is 6.04 Å². The number of carboxylic acid groups (broad SMARTS) is 1. The quantitative estimate of drug-likeness (QED) is 0.0326. The molecule has 11 nitrogen and oxygen atoms in total. The van der Waals surface area contributed by atoms with E-state index in [1.54, 1.807) is 0 Å². The predicted octanol–water partition coefficient (Wildman–Crippen LogP) is 6.21. The van der Waals surface area contributed by atoms with Gasteiger partial charge in [-0.15, -0.1) is 0 Å². The van der Waals surface area contributed by atoms with E-state index >= 15 is 0 Å². The van der Waals surface area contributed by atoms with E-state index in [4.69, 9.17) is 9.26 Å². The first-order chi connectivity index (χ1) is 20.1. The van der Waals surface area contributed by atoms with E-state index in [2.05, 4.69) is 35.8 Å². The van der Waals surface area contributed by atoms with Crippen LogP contribution in [0.4, 0.5) is 0 Å². The molecular formula is C30H56NO10P. The number of hydrogen-bond donors (Lipinski definition) is 4. The van der Waals surface area contributed by atoms with Crippen molar-refractivity contribution in [2.75, 3.05) is 19.8 Å². The number of carbonyl (C=O) groups is 3. The van der Waals surface area contributed by atoms with Crippen molar-refractivity contribution in [1.82, 2.24) is 5.32 Å². The summed E-state index contributed by atoms with van der Waals surface area (Å²) in [5.41, 5.74) is 0. The van der Waals surface area contributed by atoms with E-state index in [-0.39, 0.29) is 12.8 Å². The molecule has 0 saturated heterocycles. The summed E-state index contributed by atoms with van der Waals surface area (Å²) < 4.78 is 26.5. The van der Waals surface area contributed by atoms with Crippen LogP contribution in [0.2, 0.25) is 0 Å². The van der Waals surface area contributed by atoms with Crippen molar-refractivity contribution >= 4 is 25.7 Å². The molecular weight excluding hydrogens is 565 g/mol. The lowest BCUT2D eigenvalue weighted by Crippen LogP contribution is -2.43. The first kappa shape index (κ1) is 40.2. The number of carboxylic acids is 1. The minimum Gasteiger partial charge on any atom is -0.480 e. The molecule has 0 heterocycles. The fourth-order valence-corrected chi connectivity index (χ4v) is 4.77. The monoisotopic (exact) mass is 621 g/mol. The van der Waals surface area contributed by atoms with Gasteiger partial charge < -0.3 is 25.2 Å². The highest BCUT2D eigenvalue weighted by atomic mass is 31.2. The maximum atomic E-state index is 12.1. The van der Waals surface area contributed by atoms with Crippen LogP contribution in [0, 0.1) is 0 Å². The predicted molar refractivity (Wildman–Crippen MR) is 162 cm³/mol. The maximum absolute atomic E-state index is 12.1. The highest BCUT2D eigenvalue weighted by Gasteiger charge is 2.28. The molecule has 0 aromatic rings. The smallest absolute Gasteiger partial charge is 0.472 e. The van der Waals surface area contributed by atoms with Crippen LogP contribution in [0.15, 0.2) is 12.2 Å². The van der Waals surface area contributed by atoms with Crippen molar-refractivity contribution in [2.45, 2.75) is 142 Å². The molecule has 0 aromatic carbocycles. The van der Waals surface area contributed by atoms with Gasteiger partial charge in [-0.05, 0) is 32.1 Å². The first-order valence-corrected chi connectivity index (χ1v) is 17.2. The van der Waals surface area contributed by atoms with Gasteiger partial charge in [-0.3, -0.25) is 18.6 Å². The molecule has 0 bridgehead atoms. The molecule has 0 fully saturated rings. The molecule has 246 valence electrons.